The minimum absolute atomic E-state index is 0.0641. The van der Waals surface area contributed by atoms with Crippen molar-refractivity contribution in [2.75, 3.05) is 0 Å². The van der Waals surface area contributed by atoms with Crippen molar-refractivity contribution in [3.05, 3.63) is 79.4 Å². The summed E-state index contributed by atoms with van der Waals surface area (Å²) in [5.74, 6) is 0.0641. The molecule has 0 radical (unpaired) electrons. The first-order valence-corrected chi connectivity index (χ1v) is 8.69. The van der Waals surface area contributed by atoms with Crippen LogP contribution in [0.1, 0.15) is 13.8 Å². The highest BCUT2D eigenvalue weighted by molar-refractivity contribution is 6.85. The second-order valence-electron chi connectivity index (χ2n) is 6.07. The molecule has 0 saturated heterocycles. The van der Waals surface area contributed by atoms with E-state index in [4.69, 9.17) is 5.26 Å². The van der Waals surface area contributed by atoms with Crippen molar-refractivity contribution in [2.45, 2.75) is 26.7 Å². The molecule has 4 heteroatoms. The molecule has 0 spiro atoms. The van der Waals surface area contributed by atoms with Gasteiger partial charge in [0.25, 0.3) is 0 Å². The Hall–Kier alpha value is -2.80. The number of aromatic nitrogens is 2. The summed E-state index contributed by atoms with van der Waals surface area (Å²) >= 11 is 0. The maximum Gasteiger partial charge on any atom is 0.209 e. The molecule has 0 bridgehead atoms. The highest BCUT2D eigenvalue weighted by atomic mass is 15.0. The van der Waals surface area contributed by atoms with Crippen LogP contribution in [0.4, 0.5) is 0 Å². The van der Waals surface area contributed by atoms with Crippen LogP contribution < -0.4 is 10.9 Å². The number of nitriles is 1. The molecule has 0 amide bonds. The van der Waals surface area contributed by atoms with Crippen LogP contribution in [0.3, 0.4) is 0 Å². The summed E-state index contributed by atoms with van der Waals surface area (Å²) in [4.78, 5) is 3.86. The first-order valence-electron chi connectivity index (χ1n) is 8.69. The lowest BCUT2D eigenvalue weighted by molar-refractivity contribution is 0.580. The molecule has 3 aromatic rings. The molecule has 1 atom stereocenters. The van der Waals surface area contributed by atoms with E-state index in [0.29, 0.717) is 6.71 Å². The fourth-order valence-corrected chi connectivity index (χ4v) is 2.79. The molecular weight excluding hydrogens is 305 g/mol. The van der Waals surface area contributed by atoms with Crippen molar-refractivity contribution in [1.82, 2.24) is 9.55 Å². The Morgan fingerprint density at radius 1 is 1.04 bits per heavy atom. The summed E-state index contributed by atoms with van der Waals surface area (Å²) < 4.78 is 1.90. The Labute approximate surface area is 151 Å². The zero-order chi connectivity index (χ0) is 17.9. The summed E-state index contributed by atoms with van der Waals surface area (Å²) in [6.07, 6.45) is 6.43. The van der Waals surface area contributed by atoms with E-state index in [1.165, 1.54) is 10.9 Å². The van der Waals surface area contributed by atoms with E-state index in [9.17, 15) is 0 Å². The quantitative estimate of drug-likeness (QED) is 0.674. The first kappa shape index (κ1) is 18.5. The molecule has 0 N–H and O–H groups in total. The van der Waals surface area contributed by atoms with Crippen molar-refractivity contribution in [1.29, 1.82) is 5.26 Å². The third-order valence-corrected chi connectivity index (χ3v) is 4.08. The van der Waals surface area contributed by atoms with Gasteiger partial charge in [0.15, 0.2) is 0 Å². The van der Waals surface area contributed by atoms with Gasteiger partial charge in [-0.2, -0.15) is 5.26 Å². The standard InChI is InChI=1S/C14H15B.C7H9N3/c1-2-15(13-9-5-3-6-10-13)14-11-7-4-8-12-14;1-7(4-8)5-10-3-2-9-6-10/h3-12H,2H2,1H3;2-3,6-7H,5H2,1H3. The number of imidazole rings is 1. The molecule has 0 aliphatic rings. The van der Waals surface area contributed by atoms with Crippen molar-refractivity contribution < 1.29 is 0 Å². The Kier molecular flexibility index (Phi) is 7.53. The van der Waals surface area contributed by atoms with Crippen molar-refractivity contribution in [3.8, 4) is 6.07 Å². The van der Waals surface area contributed by atoms with Gasteiger partial charge in [-0.05, 0) is 6.92 Å². The van der Waals surface area contributed by atoms with Crippen molar-refractivity contribution in [2.24, 2.45) is 5.92 Å². The predicted octanol–water partition coefficient (Wildman–Crippen LogP) is 3.36. The molecule has 1 unspecified atom stereocenters. The lowest BCUT2D eigenvalue weighted by Crippen LogP contribution is -2.41. The summed E-state index contributed by atoms with van der Waals surface area (Å²) in [5.41, 5.74) is 2.82. The topological polar surface area (TPSA) is 41.6 Å². The van der Waals surface area contributed by atoms with Crippen LogP contribution in [0, 0.1) is 17.2 Å². The smallest absolute Gasteiger partial charge is 0.209 e. The average Bonchev–Trinajstić information content (AvgIpc) is 3.17. The zero-order valence-corrected chi connectivity index (χ0v) is 14.9. The molecular formula is C21H24BN3. The van der Waals surface area contributed by atoms with E-state index in [1.54, 1.807) is 12.5 Å². The van der Waals surface area contributed by atoms with Gasteiger partial charge in [0.05, 0.1) is 18.3 Å². The van der Waals surface area contributed by atoms with Crippen molar-refractivity contribution in [3.63, 3.8) is 0 Å². The molecule has 0 fully saturated rings. The Bertz CT molecular complexity index is 709. The van der Waals surface area contributed by atoms with Gasteiger partial charge in [-0.3, -0.25) is 0 Å². The highest BCUT2D eigenvalue weighted by Gasteiger charge is 2.15. The van der Waals surface area contributed by atoms with Crippen LogP contribution in [-0.2, 0) is 6.54 Å². The first-order chi connectivity index (χ1) is 12.2. The maximum atomic E-state index is 8.45. The van der Waals surface area contributed by atoms with Crippen LogP contribution >= 0.6 is 0 Å². The number of benzene rings is 2. The van der Waals surface area contributed by atoms with Gasteiger partial charge in [-0.1, -0.05) is 84.8 Å². The lowest BCUT2D eigenvalue weighted by Gasteiger charge is -2.11. The van der Waals surface area contributed by atoms with Gasteiger partial charge >= 0.3 is 0 Å². The number of nitrogens with zero attached hydrogens (tertiary/aromatic N) is 3. The highest BCUT2D eigenvalue weighted by Crippen LogP contribution is 1.97. The predicted molar refractivity (Wildman–Crippen MR) is 105 cm³/mol. The van der Waals surface area contributed by atoms with Gasteiger partial charge in [0.2, 0.25) is 6.71 Å². The minimum atomic E-state index is 0.0641. The Balaban J connectivity index is 0.000000196. The summed E-state index contributed by atoms with van der Waals surface area (Å²) in [6.45, 7) is 5.40. The van der Waals surface area contributed by atoms with Gasteiger partial charge in [-0.25, -0.2) is 4.98 Å². The van der Waals surface area contributed by atoms with E-state index in [0.717, 1.165) is 12.9 Å². The van der Waals surface area contributed by atoms with E-state index in [2.05, 4.69) is 78.6 Å². The second kappa shape index (κ2) is 10.1. The molecule has 2 aromatic carbocycles. The SMILES string of the molecule is CC(C#N)Cn1ccnc1.CCB(c1ccccc1)c1ccccc1. The monoisotopic (exact) mass is 329 g/mol. The maximum absolute atomic E-state index is 8.45. The molecule has 1 aromatic heterocycles. The van der Waals surface area contributed by atoms with Crippen LogP contribution in [0.15, 0.2) is 79.4 Å². The molecule has 126 valence electrons. The number of hydrogen-bond donors (Lipinski definition) is 0. The summed E-state index contributed by atoms with van der Waals surface area (Å²) in [5, 5.41) is 8.45. The van der Waals surface area contributed by atoms with E-state index in [-0.39, 0.29) is 5.92 Å². The normalized spacial score (nSPS) is 10.9. The van der Waals surface area contributed by atoms with Gasteiger partial charge in [0.1, 0.15) is 0 Å². The van der Waals surface area contributed by atoms with Crippen LogP contribution in [0.5, 0.6) is 0 Å². The van der Waals surface area contributed by atoms with E-state index in [1.807, 2.05) is 17.7 Å². The second-order valence-corrected chi connectivity index (χ2v) is 6.07. The molecule has 3 rings (SSSR count). The third kappa shape index (κ3) is 5.97. The van der Waals surface area contributed by atoms with Crippen LogP contribution in [0.25, 0.3) is 0 Å². The van der Waals surface area contributed by atoms with Crippen molar-refractivity contribution >= 4 is 17.6 Å². The molecule has 3 nitrogen and oxygen atoms in total. The average molecular weight is 329 g/mol. The van der Waals surface area contributed by atoms with Gasteiger partial charge in [0, 0.05) is 18.9 Å². The molecule has 1 heterocycles. The third-order valence-electron chi connectivity index (χ3n) is 4.08. The molecule has 25 heavy (non-hydrogen) atoms. The number of hydrogen-bond acceptors (Lipinski definition) is 2. The fraction of sp³-hybridized carbons (Fsp3) is 0.238. The van der Waals surface area contributed by atoms with E-state index < -0.39 is 0 Å². The molecule has 0 aliphatic heterocycles. The summed E-state index contributed by atoms with van der Waals surface area (Å²) in [6, 6.07) is 23.6. The van der Waals surface area contributed by atoms with Crippen LogP contribution in [0.2, 0.25) is 6.32 Å². The largest absolute Gasteiger partial charge is 0.336 e. The Morgan fingerprint density at radius 2 is 1.60 bits per heavy atom. The summed E-state index contributed by atoms with van der Waals surface area (Å²) in [7, 11) is 0. The lowest BCUT2D eigenvalue weighted by atomic mass is 9.39. The van der Waals surface area contributed by atoms with Crippen LogP contribution in [-0.4, -0.2) is 16.3 Å². The fourth-order valence-electron chi connectivity index (χ4n) is 2.79. The molecule has 0 saturated carbocycles. The van der Waals surface area contributed by atoms with Gasteiger partial charge in [-0.15, -0.1) is 0 Å². The van der Waals surface area contributed by atoms with E-state index >= 15 is 0 Å². The Morgan fingerprint density at radius 3 is 2.00 bits per heavy atom. The van der Waals surface area contributed by atoms with Gasteiger partial charge < -0.3 is 4.57 Å². The minimum Gasteiger partial charge on any atom is -0.336 e. The number of rotatable bonds is 5. The molecule has 0 aliphatic carbocycles. The zero-order valence-electron chi connectivity index (χ0n) is 14.9.